The van der Waals surface area contributed by atoms with Crippen molar-refractivity contribution >= 4 is 10.0 Å². The minimum absolute atomic E-state index is 0.115. The van der Waals surface area contributed by atoms with Gasteiger partial charge in [-0.3, -0.25) is 0 Å². The molecule has 1 fully saturated rings. The van der Waals surface area contributed by atoms with Crippen molar-refractivity contribution in [2.24, 2.45) is 11.8 Å². The lowest BCUT2D eigenvalue weighted by Gasteiger charge is -2.17. The third-order valence-electron chi connectivity index (χ3n) is 3.89. The molecule has 4 nitrogen and oxygen atoms in total. The third kappa shape index (κ3) is 4.26. The Bertz CT molecular complexity index is 530. The molecular weight excluding hydrogens is 281 g/mol. The molecule has 0 amide bonds. The van der Waals surface area contributed by atoms with Gasteiger partial charge in [-0.25, -0.2) is 17.5 Å². The fourth-order valence-corrected chi connectivity index (χ4v) is 3.91. The monoisotopic (exact) mass is 301 g/mol. The summed E-state index contributed by atoms with van der Waals surface area (Å²) in [4.78, 5) is 0. The number of halogens is 1. The summed E-state index contributed by atoms with van der Waals surface area (Å²) in [6.45, 7) is 0.485. The summed E-state index contributed by atoms with van der Waals surface area (Å²) in [5, 5.41) is 9.21. The highest BCUT2D eigenvalue weighted by atomic mass is 32.2. The van der Waals surface area contributed by atoms with Gasteiger partial charge in [0.25, 0.3) is 0 Å². The molecule has 0 saturated heterocycles. The average Bonchev–Trinajstić information content (AvgIpc) is 2.86. The maximum atomic E-state index is 12.8. The molecule has 112 valence electrons. The summed E-state index contributed by atoms with van der Waals surface area (Å²) in [6, 6.07) is 5.45. The minimum atomic E-state index is -3.42. The molecule has 0 bridgehead atoms. The van der Waals surface area contributed by atoms with Gasteiger partial charge in [0.1, 0.15) is 5.82 Å². The molecule has 0 aromatic heterocycles. The largest absolute Gasteiger partial charge is 0.396 e. The summed E-state index contributed by atoms with van der Waals surface area (Å²) in [5.41, 5.74) is 0.559. The van der Waals surface area contributed by atoms with E-state index in [2.05, 4.69) is 4.72 Å². The van der Waals surface area contributed by atoms with Gasteiger partial charge in [0.05, 0.1) is 5.75 Å². The van der Waals surface area contributed by atoms with Crippen molar-refractivity contribution in [3.63, 3.8) is 0 Å². The molecule has 6 heteroatoms. The van der Waals surface area contributed by atoms with Crippen molar-refractivity contribution in [1.29, 1.82) is 0 Å². The Labute approximate surface area is 119 Å². The number of nitrogens with one attached hydrogen (secondary N) is 1. The standard InChI is InChI=1S/C14H20FNO3S/c15-14-6-4-11(5-7-14)10-20(18,19)16-8-12-2-1-3-13(12)9-17/h4-7,12-13,16-17H,1-3,8-10H2. The van der Waals surface area contributed by atoms with Gasteiger partial charge in [-0.2, -0.15) is 0 Å². The van der Waals surface area contributed by atoms with Crippen LogP contribution >= 0.6 is 0 Å². The van der Waals surface area contributed by atoms with E-state index < -0.39 is 10.0 Å². The van der Waals surface area contributed by atoms with E-state index in [-0.39, 0.29) is 30.0 Å². The van der Waals surface area contributed by atoms with Crippen LogP contribution in [0.5, 0.6) is 0 Å². The first-order chi connectivity index (χ1) is 9.50. The van der Waals surface area contributed by atoms with Crippen LogP contribution in [0.2, 0.25) is 0 Å². The van der Waals surface area contributed by atoms with E-state index in [9.17, 15) is 17.9 Å². The number of benzene rings is 1. The van der Waals surface area contributed by atoms with Crippen molar-refractivity contribution in [1.82, 2.24) is 4.72 Å². The maximum absolute atomic E-state index is 12.8. The van der Waals surface area contributed by atoms with E-state index in [0.29, 0.717) is 12.1 Å². The van der Waals surface area contributed by atoms with Gasteiger partial charge in [-0.15, -0.1) is 0 Å². The Morgan fingerprint density at radius 3 is 2.50 bits per heavy atom. The van der Waals surface area contributed by atoms with E-state index >= 15 is 0 Å². The molecule has 1 aliphatic carbocycles. The zero-order chi connectivity index (χ0) is 14.6. The molecular formula is C14H20FNO3S. The van der Waals surface area contributed by atoms with Gasteiger partial charge in [0, 0.05) is 13.2 Å². The second-order valence-corrected chi connectivity index (χ2v) is 7.17. The van der Waals surface area contributed by atoms with Crippen molar-refractivity contribution in [3.8, 4) is 0 Å². The quantitative estimate of drug-likeness (QED) is 0.839. The summed E-state index contributed by atoms with van der Waals surface area (Å²) in [5.74, 6) is -0.119. The van der Waals surface area contributed by atoms with Gasteiger partial charge in [-0.1, -0.05) is 18.6 Å². The van der Waals surface area contributed by atoms with Gasteiger partial charge in [0.15, 0.2) is 0 Å². The molecule has 20 heavy (non-hydrogen) atoms. The molecule has 0 radical (unpaired) electrons. The number of sulfonamides is 1. The second kappa shape index (κ2) is 6.65. The predicted molar refractivity (Wildman–Crippen MR) is 74.9 cm³/mol. The van der Waals surface area contributed by atoms with Crippen LogP contribution in [0.4, 0.5) is 4.39 Å². The van der Waals surface area contributed by atoms with E-state index in [1.54, 1.807) is 0 Å². The number of aliphatic hydroxyl groups excluding tert-OH is 1. The van der Waals surface area contributed by atoms with Crippen LogP contribution in [0, 0.1) is 17.7 Å². The molecule has 0 heterocycles. The molecule has 0 spiro atoms. The number of rotatable bonds is 6. The Hall–Kier alpha value is -0.980. The van der Waals surface area contributed by atoms with E-state index in [0.717, 1.165) is 19.3 Å². The van der Waals surface area contributed by atoms with Crippen LogP contribution < -0.4 is 4.72 Å². The highest BCUT2D eigenvalue weighted by Crippen LogP contribution is 2.30. The minimum Gasteiger partial charge on any atom is -0.396 e. The molecule has 2 unspecified atom stereocenters. The van der Waals surface area contributed by atoms with Crippen LogP contribution in [-0.4, -0.2) is 26.7 Å². The zero-order valence-corrected chi connectivity index (χ0v) is 12.1. The first-order valence-electron chi connectivity index (χ1n) is 6.83. The lowest BCUT2D eigenvalue weighted by Crippen LogP contribution is -2.32. The predicted octanol–water partition coefficient (Wildman–Crippen LogP) is 1.65. The van der Waals surface area contributed by atoms with Crippen molar-refractivity contribution in [2.75, 3.05) is 13.2 Å². The molecule has 2 atom stereocenters. The zero-order valence-electron chi connectivity index (χ0n) is 11.3. The number of aliphatic hydroxyl groups is 1. The van der Waals surface area contributed by atoms with Crippen LogP contribution in [0.25, 0.3) is 0 Å². The highest BCUT2D eigenvalue weighted by molar-refractivity contribution is 7.88. The van der Waals surface area contributed by atoms with Crippen LogP contribution in [0.15, 0.2) is 24.3 Å². The van der Waals surface area contributed by atoms with Gasteiger partial charge < -0.3 is 5.11 Å². The van der Waals surface area contributed by atoms with Crippen LogP contribution in [0.1, 0.15) is 24.8 Å². The van der Waals surface area contributed by atoms with E-state index in [1.165, 1.54) is 24.3 Å². The fraction of sp³-hybridized carbons (Fsp3) is 0.571. The van der Waals surface area contributed by atoms with E-state index in [4.69, 9.17) is 0 Å². The van der Waals surface area contributed by atoms with E-state index in [1.807, 2.05) is 0 Å². The lowest BCUT2D eigenvalue weighted by molar-refractivity contribution is 0.195. The maximum Gasteiger partial charge on any atom is 0.215 e. The van der Waals surface area contributed by atoms with Crippen molar-refractivity contribution in [3.05, 3.63) is 35.6 Å². The van der Waals surface area contributed by atoms with Crippen molar-refractivity contribution < 1.29 is 17.9 Å². The number of hydrogen-bond acceptors (Lipinski definition) is 3. The summed E-state index contributed by atoms with van der Waals surface area (Å²) < 4.78 is 39.3. The van der Waals surface area contributed by atoms with Gasteiger partial charge >= 0.3 is 0 Å². The molecule has 0 aliphatic heterocycles. The van der Waals surface area contributed by atoms with Gasteiger partial charge in [-0.05, 0) is 42.4 Å². The van der Waals surface area contributed by atoms with Crippen molar-refractivity contribution in [2.45, 2.75) is 25.0 Å². The normalized spacial score (nSPS) is 23.1. The Morgan fingerprint density at radius 1 is 1.20 bits per heavy atom. The van der Waals surface area contributed by atoms with Gasteiger partial charge in [0.2, 0.25) is 10.0 Å². The molecule has 1 aromatic rings. The molecule has 1 aliphatic rings. The Kier molecular flexibility index (Phi) is 5.12. The number of hydrogen-bond donors (Lipinski definition) is 2. The second-order valence-electron chi connectivity index (χ2n) is 5.37. The molecule has 2 rings (SSSR count). The van der Waals surface area contributed by atoms with Crippen LogP contribution in [0.3, 0.4) is 0 Å². The molecule has 1 saturated carbocycles. The Balaban J connectivity index is 1.89. The lowest BCUT2D eigenvalue weighted by atomic mass is 9.97. The average molecular weight is 301 g/mol. The summed E-state index contributed by atoms with van der Waals surface area (Å²) in [6.07, 6.45) is 2.95. The SMILES string of the molecule is O=S(=O)(Cc1ccc(F)cc1)NCC1CCCC1CO. The topological polar surface area (TPSA) is 66.4 Å². The molecule has 1 aromatic carbocycles. The first-order valence-corrected chi connectivity index (χ1v) is 8.48. The summed E-state index contributed by atoms with van der Waals surface area (Å²) in [7, 11) is -3.42. The van der Waals surface area contributed by atoms with Crippen LogP contribution in [-0.2, 0) is 15.8 Å². The fourth-order valence-electron chi connectivity index (χ4n) is 2.71. The Morgan fingerprint density at radius 2 is 1.85 bits per heavy atom. The molecule has 2 N–H and O–H groups in total. The first kappa shape index (κ1) is 15.4. The summed E-state index contributed by atoms with van der Waals surface area (Å²) >= 11 is 0. The third-order valence-corrected chi connectivity index (χ3v) is 5.21. The highest BCUT2D eigenvalue weighted by Gasteiger charge is 2.27. The smallest absolute Gasteiger partial charge is 0.215 e.